The molecule has 25 heavy (non-hydrogen) atoms. The zero-order valence-corrected chi connectivity index (χ0v) is 16.1. The van der Waals surface area contributed by atoms with Gasteiger partial charge in [0.2, 0.25) is 11.5 Å². The first-order valence-electron chi connectivity index (χ1n) is 9.50. The molecule has 0 aromatic carbocycles. The molecule has 0 amide bonds. The van der Waals surface area contributed by atoms with Gasteiger partial charge in [-0.25, -0.2) is 0 Å². The van der Waals surface area contributed by atoms with Crippen molar-refractivity contribution in [1.29, 1.82) is 0 Å². The molecule has 1 heterocycles. The van der Waals surface area contributed by atoms with Gasteiger partial charge in [0.25, 0.3) is 0 Å². The molecular weight excluding hydrogens is 320 g/mol. The Morgan fingerprint density at radius 2 is 1.12 bits per heavy atom. The van der Waals surface area contributed by atoms with E-state index >= 15 is 0 Å². The van der Waals surface area contributed by atoms with Crippen LogP contribution in [0.25, 0.3) is 0 Å². The lowest BCUT2D eigenvalue weighted by atomic mass is 10.1. The molecule has 1 aromatic rings. The predicted molar refractivity (Wildman–Crippen MR) is 97.0 cm³/mol. The van der Waals surface area contributed by atoms with Crippen molar-refractivity contribution in [1.82, 2.24) is 0 Å². The molecule has 0 saturated heterocycles. The van der Waals surface area contributed by atoms with Crippen LogP contribution >= 0.6 is 0 Å². The van der Waals surface area contributed by atoms with Crippen molar-refractivity contribution in [3.8, 4) is 11.5 Å². The van der Waals surface area contributed by atoms with Gasteiger partial charge in [-0.15, -0.1) is 0 Å². The van der Waals surface area contributed by atoms with Gasteiger partial charge < -0.3 is 13.9 Å². The third-order valence-electron chi connectivity index (χ3n) is 4.05. The molecule has 0 bridgehead atoms. The molecule has 1 aromatic heterocycles. The number of hydrogen-bond donors (Lipinski definition) is 0. The van der Waals surface area contributed by atoms with Crippen molar-refractivity contribution in [2.75, 3.05) is 0 Å². The molecule has 0 fully saturated rings. The van der Waals surface area contributed by atoms with E-state index < -0.39 is 0 Å². The zero-order valence-electron chi connectivity index (χ0n) is 16.1. The van der Waals surface area contributed by atoms with Crippen molar-refractivity contribution < 1.29 is 23.5 Å². The van der Waals surface area contributed by atoms with E-state index in [2.05, 4.69) is 13.8 Å². The number of hydrogen-bond acceptors (Lipinski definition) is 5. The number of esters is 2. The Balaban J connectivity index is 2.59. The molecule has 5 heteroatoms. The standard InChI is InChI=1S/C20H32O5/c1-5-7-9-11-13-17(21)24-19-15(3)23-16(4)20(19)25-18(22)14-12-10-8-6-2/h5-14H2,1-4H3. The minimum Gasteiger partial charge on any atom is -0.459 e. The van der Waals surface area contributed by atoms with E-state index in [4.69, 9.17) is 13.9 Å². The predicted octanol–water partition coefficient (Wildman–Crippen LogP) is 5.65. The SMILES string of the molecule is CCCCCCC(=O)Oc1c(C)oc(C)c1OC(=O)CCCCCC. The largest absolute Gasteiger partial charge is 0.459 e. The van der Waals surface area contributed by atoms with Crippen LogP contribution in [0.4, 0.5) is 0 Å². The Bertz CT molecular complexity index is 498. The third-order valence-corrected chi connectivity index (χ3v) is 4.05. The summed E-state index contributed by atoms with van der Waals surface area (Å²) < 4.78 is 16.3. The van der Waals surface area contributed by atoms with Gasteiger partial charge in [0.1, 0.15) is 11.5 Å². The summed E-state index contributed by atoms with van der Waals surface area (Å²) in [5.74, 6) is 0.738. The summed E-state index contributed by atoms with van der Waals surface area (Å²) in [6.07, 6.45) is 8.78. The van der Waals surface area contributed by atoms with Crippen LogP contribution < -0.4 is 9.47 Å². The molecule has 0 unspecified atom stereocenters. The highest BCUT2D eigenvalue weighted by Gasteiger charge is 2.23. The summed E-state index contributed by atoms with van der Waals surface area (Å²) in [4.78, 5) is 24.0. The first kappa shape index (κ1) is 21.3. The lowest BCUT2D eigenvalue weighted by Crippen LogP contribution is -2.12. The van der Waals surface area contributed by atoms with Gasteiger partial charge >= 0.3 is 11.9 Å². The topological polar surface area (TPSA) is 65.7 Å². The van der Waals surface area contributed by atoms with Crippen LogP contribution in [0.3, 0.4) is 0 Å². The molecule has 5 nitrogen and oxygen atoms in total. The summed E-state index contributed by atoms with van der Waals surface area (Å²) >= 11 is 0. The van der Waals surface area contributed by atoms with Crippen LogP contribution in [0.2, 0.25) is 0 Å². The van der Waals surface area contributed by atoms with E-state index in [9.17, 15) is 9.59 Å². The van der Waals surface area contributed by atoms with Crippen molar-refractivity contribution in [2.24, 2.45) is 0 Å². The average Bonchev–Trinajstić information content (AvgIpc) is 2.82. The van der Waals surface area contributed by atoms with E-state index in [0.29, 0.717) is 24.4 Å². The highest BCUT2D eigenvalue weighted by Crippen LogP contribution is 2.38. The maximum absolute atomic E-state index is 12.0. The van der Waals surface area contributed by atoms with Crippen LogP contribution in [-0.4, -0.2) is 11.9 Å². The molecule has 0 aliphatic rings. The van der Waals surface area contributed by atoms with E-state index in [-0.39, 0.29) is 23.4 Å². The molecular formula is C20H32O5. The second-order valence-corrected chi connectivity index (χ2v) is 6.44. The summed E-state index contributed by atoms with van der Waals surface area (Å²) in [6, 6.07) is 0. The Hall–Kier alpha value is -1.78. The van der Waals surface area contributed by atoms with Crippen molar-refractivity contribution in [3.05, 3.63) is 11.5 Å². The number of rotatable bonds is 12. The van der Waals surface area contributed by atoms with Crippen molar-refractivity contribution in [2.45, 2.75) is 91.9 Å². The molecule has 0 aliphatic carbocycles. The average molecular weight is 352 g/mol. The summed E-state index contributed by atoms with van der Waals surface area (Å²) in [7, 11) is 0. The van der Waals surface area contributed by atoms with Gasteiger partial charge in [-0.1, -0.05) is 52.4 Å². The molecule has 142 valence electrons. The van der Waals surface area contributed by atoms with Crippen LogP contribution in [0.5, 0.6) is 11.5 Å². The van der Waals surface area contributed by atoms with Gasteiger partial charge in [-0.3, -0.25) is 9.59 Å². The van der Waals surface area contributed by atoms with Gasteiger partial charge in [0.05, 0.1) is 0 Å². The van der Waals surface area contributed by atoms with Crippen molar-refractivity contribution >= 4 is 11.9 Å². The van der Waals surface area contributed by atoms with Crippen LogP contribution in [0.1, 0.15) is 89.6 Å². The lowest BCUT2D eigenvalue weighted by Gasteiger charge is -2.07. The summed E-state index contributed by atoms with van der Waals surface area (Å²) in [5.41, 5.74) is 0. The van der Waals surface area contributed by atoms with E-state index in [0.717, 1.165) is 51.4 Å². The van der Waals surface area contributed by atoms with Gasteiger partial charge in [-0.05, 0) is 26.7 Å². The van der Waals surface area contributed by atoms with Crippen molar-refractivity contribution in [3.63, 3.8) is 0 Å². The van der Waals surface area contributed by atoms with Gasteiger partial charge in [0.15, 0.2) is 0 Å². The quantitative estimate of drug-likeness (QED) is 0.359. The Labute approximate surface area is 151 Å². The second-order valence-electron chi connectivity index (χ2n) is 6.44. The number of carbonyl (C=O) groups is 2. The second kappa shape index (κ2) is 11.7. The monoisotopic (exact) mass is 352 g/mol. The molecule has 0 atom stereocenters. The molecule has 0 aliphatic heterocycles. The number of furan rings is 1. The van der Waals surface area contributed by atoms with Crippen LogP contribution in [0, 0.1) is 13.8 Å². The molecule has 0 saturated carbocycles. The zero-order chi connectivity index (χ0) is 18.7. The first-order chi connectivity index (χ1) is 12.0. The maximum atomic E-state index is 12.0. The van der Waals surface area contributed by atoms with Crippen LogP contribution in [0.15, 0.2) is 4.42 Å². The number of ether oxygens (including phenoxy) is 2. The molecule has 0 radical (unpaired) electrons. The number of carbonyl (C=O) groups excluding carboxylic acids is 2. The fraction of sp³-hybridized carbons (Fsp3) is 0.700. The fourth-order valence-electron chi connectivity index (χ4n) is 2.60. The highest BCUT2D eigenvalue weighted by molar-refractivity contribution is 5.77. The third kappa shape index (κ3) is 7.76. The first-order valence-corrected chi connectivity index (χ1v) is 9.50. The minimum atomic E-state index is -0.319. The van der Waals surface area contributed by atoms with E-state index in [1.165, 1.54) is 0 Å². The minimum absolute atomic E-state index is 0.236. The van der Waals surface area contributed by atoms with Gasteiger partial charge in [0, 0.05) is 12.8 Å². The number of unbranched alkanes of at least 4 members (excludes halogenated alkanes) is 6. The smallest absolute Gasteiger partial charge is 0.311 e. The molecule has 0 N–H and O–H groups in total. The fourth-order valence-corrected chi connectivity index (χ4v) is 2.60. The Kier molecular flexibility index (Phi) is 9.97. The lowest BCUT2D eigenvalue weighted by molar-refractivity contribution is -0.137. The molecule has 1 rings (SSSR count). The normalized spacial score (nSPS) is 10.7. The van der Waals surface area contributed by atoms with Gasteiger partial charge in [-0.2, -0.15) is 0 Å². The molecule has 0 spiro atoms. The highest BCUT2D eigenvalue weighted by atomic mass is 16.6. The van der Waals surface area contributed by atoms with E-state index in [1.54, 1.807) is 13.8 Å². The summed E-state index contributed by atoms with van der Waals surface area (Å²) in [5, 5.41) is 0. The Morgan fingerprint density at radius 1 is 0.720 bits per heavy atom. The van der Waals surface area contributed by atoms with Crippen LogP contribution in [-0.2, 0) is 9.59 Å². The van der Waals surface area contributed by atoms with E-state index in [1.807, 2.05) is 0 Å². The Morgan fingerprint density at radius 3 is 1.48 bits per heavy atom. The summed E-state index contributed by atoms with van der Waals surface area (Å²) in [6.45, 7) is 7.65. The number of aryl methyl sites for hydroxylation is 2. The maximum Gasteiger partial charge on any atom is 0.311 e.